The van der Waals surface area contributed by atoms with Crippen LogP contribution < -0.4 is 0 Å². The van der Waals surface area contributed by atoms with E-state index >= 15 is 0 Å². The van der Waals surface area contributed by atoms with Gasteiger partial charge in [0.15, 0.2) is 0 Å². The molecule has 1 aromatic heterocycles. The van der Waals surface area contributed by atoms with Gasteiger partial charge in [-0.3, -0.25) is 0 Å². The first kappa shape index (κ1) is 23.5. The molecule has 0 N–H and O–H groups in total. The van der Waals surface area contributed by atoms with Crippen molar-refractivity contribution in [2.45, 2.75) is 38.5 Å². The molecule has 0 bridgehead atoms. The Kier molecular flexibility index (Phi) is 6.11. The number of pyridine rings is 1. The van der Waals surface area contributed by atoms with Gasteiger partial charge in [-0.05, 0) is 49.2 Å². The Morgan fingerprint density at radius 2 is 1.37 bits per heavy atom. The lowest BCUT2D eigenvalue weighted by Crippen LogP contribution is -2.16. The fourth-order valence-corrected chi connectivity index (χ4v) is 2.44. The quantitative estimate of drug-likeness (QED) is 0.408. The summed E-state index contributed by atoms with van der Waals surface area (Å²) in [4.78, 5) is 15.6. The van der Waals surface area contributed by atoms with Gasteiger partial charge in [-0.1, -0.05) is 0 Å². The lowest BCUT2D eigenvalue weighted by atomic mass is 10.0. The number of ether oxygens (including phenoxy) is 1. The summed E-state index contributed by atoms with van der Waals surface area (Å²) in [5.74, 6) is -1.45. The zero-order chi connectivity index (χ0) is 23.1. The minimum Gasteiger partial charge on any atom is -0.453 e. The zero-order valence-corrected chi connectivity index (χ0v) is 15.1. The number of halogens is 9. The van der Waals surface area contributed by atoms with Gasteiger partial charge >= 0.3 is 24.5 Å². The van der Waals surface area contributed by atoms with E-state index in [4.69, 9.17) is 4.74 Å². The van der Waals surface area contributed by atoms with Gasteiger partial charge in [-0.25, -0.2) is 9.78 Å². The highest BCUT2D eigenvalue weighted by Gasteiger charge is 2.38. The van der Waals surface area contributed by atoms with E-state index in [2.05, 4.69) is 4.98 Å². The Hall–Kier alpha value is -2.79. The summed E-state index contributed by atoms with van der Waals surface area (Å²) in [6.45, 7) is 2.07. The van der Waals surface area contributed by atoms with Crippen molar-refractivity contribution in [2.75, 3.05) is 0 Å². The number of alkyl halides is 9. The van der Waals surface area contributed by atoms with Crippen LogP contribution in [0.5, 0.6) is 0 Å². The van der Waals surface area contributed by atoms with E-state index in [1.807, 2.05) is 0 Å². The van der Waals surface area contributed by atoms with Gasteiger partial charge < -0.3 is 4.74 Å². The second-order valence-electron chi connectivity index (χ2n) is 6.27. The largest absolute Gasteiger partial charge is 0.453 e. The highest BCUT2D eigenvalue weighted by molar-refractivity contribution is 5.87. The first-order valence-electron chi connectivity index (χ1n) is 8.04. The van der Waals surface area contributed by atoms with E-state index in [9.17, 15) is 44.3 Å². The SMILES string of the molecule is Cc1cnc(C(=O)O[C@H](C)c2cc(C(F)(F)F)cc(C(F)(F)F)c2)cc1C(F)(F)F. The van der Waals surface area contributed by atoms with Crippen molar-refractivity contribution in [1.82, 2.24) is 4.98 Å². The number of hydrogen-bond donors (Lipinski definition) is 0. The van der Waals surface area contributed by atoms with Crippen LogP contribution in [0.4, 0.5) is 39.5 Å². The first-order chi connectivity index (χ1) is 13.5. The molecule has 164 valence electrons. The smallest absolute Gasteiger partial charge is 0.416 e. The molecule has 1 aromatic carbocycles. The monoisotopic (exact) mass is 445 g/mol. The Labute approximate surface area is 163 Å². The molecular formula is C18H12F9NO2. The van der Waals surface area contributed by atoms with Gasteiger partial charge in [0, 0.05) is 6.20 Å². The van der Waals surface area contributed by atoms with Crippen LogP contribution in [0.2, 0.25) is 0 Å². The van der Waals surface area contributed by atoms with Gasteiger partial charge in [-0.15, -0.1) is 0 Å². The van der Waals surface area contributed by atoms with Crippen molar-refractivity contribution in [1.29, 1.82) is 0 Å². The number of rotatable bonds is 3. The molecule has 0 aliphatic heterocycles. The van der Waals surface area contributed by atoms with E-state index in [0.717, 1.165) is 20.0 Å². The van der Waals surface area contributed by atoms with Crippen LogP contribution in [0.15, 0.2) is 30.5 Å². The van der Waals surface area contributed by atoms with Crippen LogP contribution in [-0.2, 0) is 23.3 Å². The number of aromatic nitrogens is 1. The first-order valence-corrected chi connectivity index (χ1v) is 8.04. The Morgan fingerprint density at radius 3 is 1.80 bits per heavy atom. The van der Waals surface area contributed by atoms with E-state index < -0.39 is 58.5 Å². The van der Waals surface area contributed by atoms with Crippen LogP contribution in [0.25, 0.3) is 0 Å². The number of carbonyl (C=O) groups excluding carboxylic acids is 1. The summed E-state index contributed by atoms with van der Waals surface area (Å²) in [7, 11) is 0. The minimum absolute atomic E-state index is 0.102. The molecule has 3 nitrogen and oxygen atoms in total. The van der Waals surface area contributed by atoms with Crippen molar-refractivity contribution < 1.29 is 49.0 Å². The van der Waals surface area contributed by atoms with Gasteiger partial charge in [0.05, 0.1) is 16.7 Å². The molecule has 1 heterocycles. The zero-order valence-electron chi connectivity index (χ0n) is 15.1. The summed E-state index contributed by atoms with van der Waals surface area (Å²) in [5.41, 5.74) is -6.17. The number of aryl methyl sites for hydroxylation is 1. The molecule has 0 spiro atoms. The molecule has 2 aromatic rings. The molecular weight excluding hydrogens is 433 g/mol. The van der Waals surface area contributed by atoms with Crippen LogP contribution in [0.1, 0.15) is 51.3 Å². The molecule has 0 aliphatic carbocycles. The summed E-state index contributed by atoms with van der Waals surface area (Å²) >= 11 is 0. The predicted octanol–water partition coefficient (Wildman–Crippen LogP) is 6.36. The Morgan fingerprint density at radius 1 is 0.867 bits per heavy atom. The lowest BCUT2D eigenvalue weighted by Gasteiger charge is -2.18. The summed E-state index contributed by atoms with van der Waals surface area (Å²) in [6, 6.07) is 1.00. The average molecular weight is 445 g/mol. The van der Waals surface area contributed by atoms with E-state index in [-0.39, 0.29) is 11.6 Å². The topological polar surface area (TPSA) is 39.2 Å². The average Bonchev–Trinajstić information content (AvgIpc) is 2.59. The highest BCUT2D eigenvalue weighted by Crippen LogP contribution is 2.38. The van der Waals surface area contributed by atoms with Crippen molar-refractivity contribution >= 4 is 5.97 Å². The van der Waals surface area contributed by atoms with Gasteiger partial charge in [0.1, 0.15) is 11.8 Å². The van der Waals surface area contributed by atoms with Gasteiger partial charge in [-0.2, -0.15) is 39.5 Å². The third-order valence-corrected chi connectivity index (χ3v) is 3.98. The van der Waals surface area contributed by atoms with E-state index in [0.29, 0.717) is 18.2 Å². The summed E-state index contributed by atoms with van der Waals surface area (Å²) in [5, 5.41) is 0. The second kappa shape index (κ2) is 7.80. The summed E-state index contributed by atoms with van der Waals surface area (Å²) in [6.07, 6.45) is -15.9. The van der Waals surface area contributed by atoms with Crippen LogP contribution >= 0.6 is 0 Å². The van der Waals surface area contributed by atoms with Crippen LogP contribution in [-0.4, -0.2) is 11.0 Å². The molecule has 0 saturated carbocycles. The van der Waals surface area contributed by atoms with Crippen LogP contribution in [0, 0.1) is 6.92 Å². The number of esters is 1. The third kappa shape index (κ3) is 5.42. The third-order valence-electron chi connectivity index (χ3n) is 3.98. The number of carbonyl (C=O) groups is 1. The lowest BCUT2D eigenvalue weighted by molar-refractivity contribution is -0.143. The maximum absolute atomic E-state index is 12.9. The van der Waals surface area contributed by atoms with E-state index in [1.54, 1.807) is 0 Å². The van der Waals surface area contributed by atoms with Crippen molar-refractivity contribution in [2.24, 2.45) is 0 Å². The second-order valence-corrected chi connectivity index (χ2v) is 6.27. The molecule has 12 heteroatoms. The Bertz CT molecular complexity index is 914. The minimum atomic E-state index is -5.11. The number of hydrogen-bond acceptors (Lipinski definition) is 3. The molecule has 2 rings (SSSR count). The predicted molar refractivity (Wildman–Crippen MR) is 84.3 cm³/mol. The van der Waals surface area contributed by atoms with Gasteiger partial charge in [0.25, 0.3) is 0 Å². The molecule has 0 radical (unpaired) electrons. The normalized spacial score (nSPS) is 13.8. The van der Waals surface area contributed by atoms with Crippen LogP contribution in [0.3, 0.4) is 0 Å². The molecule has 0 fully saturated rings. The van der Waals surface area contributed by atoms with Crippen molar-refractivity contribution in [3.8, 4) is 0 Å². The van der Waals surface area contributed by atoms with Gasteiger partial charge in [0.2, 0.25) is 0 Å². The molecule has 30 heavy (non-hydrogen) atoms. The van der Waals surface area contributed by atoms with E-state index in [1.165, 1.54) is 0 Å². The van der Waals surface area contributed by atoms with Crippen molar-refractivity contribution in [3.05, 3.63) is 64.0 Å². The number of nitrogens with zero attached hydrogens (tertiary/aromatic N) is 1. The molecule has 0 amide bonds. The molecule has 0 saturated heterocycles. The highest BCUT2D eigenvalue weighted by atomic mass is 19.4. The maximum atomic E-state index is 12.9. The standard InChI is InChI=1S/C18H12F9NO2/c1-8-7-28-14(6-13(8)18(25,26)27)15(29)30-9(2)10-3-11(16(19,20)21)5-12(4-10)17(22,23)24/h3-7,9H,1-2H3/t9-/m1/s1. The number of benzene rings is 1. The molecule has 1 atom stereocenters. The molecule has 0 unspecified atom stereocenters. The summed E-state index contributed by atoms with van der Waals surface area (Å²) < 4.78 is 121. The fraction of sp³-hybridized carbons (Fsp3) is 0.333. The molecule has 0 aliphatic rings. The Balaban J connectivity index is 2.38. The van der Waals surface area contributed by atoms with Crippen molar-refractivity contribution in [3.63, 3.8) is 0 Å². The fourth-order valence-electron chi connectivity index (χ4n) is 2.44. The maximum Gasteiger partial charge on any atom is 0.416 e.